The predicted molar refractivity (Wildman–Crippen MR) is 63.9 cm³/mol. The first-order chi connectivity index (χ1) is 7.71. The van der Waals surface area contributed by atoms with E-state index in [9.17, 15) is 4.79 Å². The predicted octanol–water partition coefficient (Wildman–Crippen LogP) is 1.05. The topological polar surface area (TPSA) is 58.6 Å². The van der Waals surface area contributed by atoms with Crippen LogP contribution in [0.4, 0.5) is 0 Å². The fraction of sp³-hybridized carbons (Fsp3) is 0.545. The summed E-state index contributed by atoms with van der Waals surface area (Å²) < 4.78 is 4.89. The van der Waals surface area contributed by atoms with Gasteiger partial charge in [0.15, 0.2) is 0 Å². The molecule has 0 bridgehead atoms. The zero-order valence-electron chi connectivity index (χ0n) is 9.53. The van der Waals surface area contributed by atoms with Crippen LogP contribution in [0.5, 0.6) is 0 Å². The summed E-state index contributed by atoms with van der Waals surface area (Å²) in [5.41, 5.74) is 0. The third-order valence-corrected chi connectivity index (χ3v) is 3.39. The van der Waals surface area contributed by atoms with Crippen LogP contribution in [0.25, 0.3) is 0 Å². The number of methoxy groups -OCH3 is 1. The van der Waals surface area contributed by atoms with Crippen LogP contribution in [0.15, 0.2) is 12.1 Å². The maximum atomic E-state index is 11.8. The standard InChI is InChI=1S/C11H17NO3S/c1-3-9-4-5-10(16-9)11(14)12-8(6-13)7-15-2/h4-5,8,13H,3,6-7H2,1-2H3,(H,12,14). The van der Waals surface area contributed by atoms with Crippen LogP contribution in [-0.4, -0.2) is 37.4 Å². The van der Waals surface area contributed by atoms with Gasteiger partial charge in [-0.15, -0.1) is 11.3 Å². The molecule has 4 nitrogen and oxygen atoms in total. The summed E-state index contributed by atoms with van der Waals surface area (Å²) in [5, 5.41) is 11.7. The second-order valence-electron chi connectivity index (χ2n) is 3.43. The van der Waals surface area contributed by atoms with Gasteiger partial charge in [0.05, 0.1) is 24.1 Å². The second-order valence-corrected chi connectivity index (χ2v) is 4.60. The first-order valence-electron chi connectivity index (χ1n) is 5.20. The first-order valence-corrected chi connectivity index (χ1v) is 6.02. The van der Waals surface area contributed by atoms with Gasteiger partial charge in [-0.1, -0.05) is 6.92 Å². The van der Waals surface area contributed by atoms with Gasteiger partial charge in [0.2, 0.25) is 0 Å². The SMILES string of the molecule is CCc1ccc(C(=O)NC(CO)COC)s1. The van der Waals surface area contributed by atoms with E-state index in [1.807, 2.05) is 6.07 Å². The Labute approximate surface area is 99.2 Å². The number of carbonyl (C=O) groups is 1. The largest absolute Gasteiger partial charge is 0.394 e. The summed E-state index contributed by atoms with van der Waals surface area (Å²) in [7, 11) is 1.54. The Kier molecular flexibility index (Phi) is 5.45. The first kappa shape index (κ1) is 13.2. The van der Waals surface area contributed by atoms with Crippen LogP contribution < -0.4 is 5.32 Å². The Balaban J connectivity index is 2.56. The number of aliphatic hydroxyl groups is 1. The number of carbonyl (C=O) groups excluding carboxylic acids is 1. The van der Waals surface area contributed by atoms with Crippen molar-refractivity contribution in [2.45, 2.75) is 19.4 Å². The second kappa shape index (κ2) is 6.62. The number of thiophene rings is 1. The van der Waals surface area contributed by atoms with Gasteiger partial charge in [0.25, 0.3) is 5.91 Å². The van der Waals surface area contributed by atoms with Gasteiger partial charge in [0, 0.05) is 12.0 Å². The molecule has 1 aromatic rings. The normalized spacial score (nSPS) is 12.4. The molecule has 0 saturated heterocycles. The Morgan fingerprint density at radius 2 is 2.38 bits per heavy atom. The van der Waals surface area contributed by atoms with Gasteiger partial charge in [-0.3, -0.25) is 4.79 Å². The fourth-order valence-electron chi connectivity index (χ4n) is 1.29. The van der Waals surface area contributed by atoms with E-state index >= 15 is 0 Å². The van der Waals surface area contributed by atoms with Crippen LogP contribution >= 0.6 is 11.3 Å². The number of aryl methyl sites for hydroxylation is 1. The van der Waals surface area contributed by atoms with E-state index in [4.69, 9.17) is 9.84 Å². The Morgan fingerprint density at radius 3 is 2.88 bits per heavy atom. The number of rotatable bonds is 6. The van der Waals surface area contributed by atoms with Crippen molar-refractivity contribution in [1.29, 1.82) is 0 Å². The maximum absolute atomic E-state index is 11.8. The lowest BCUT2D eigenvalue weighted by atomic mass is 10.3. The molecule has 1 heterocycles. The van der Waals surface area contributed by atoms with Crippen molar-refractivity contribution in [3.05, 3.63) is 21.9 Å². The van der Waals surface area contributed by atoms with Gasteiger partial charge in [-0.2, -0.15) is 0 Å². The quantitative estimate of drug-likeness (QED) is 0.785. The third-order valence-electron chi connectivity index (χ3n) is 2.16. The minimum atomic E-state index is -0.343. The van der Waals surface area contributed by atoms with Crippen molar-refractivity contribution in [2.24, 2.45) is 0 Å². The van der Waals surface area contributed by atoms with Crippen molar-refractivity contribution >= 4 is 17.2 Å². The van der Waals surface area contributed by atoms with E-state index in [2.05, 4.69) is 12.2 Å². The summed E-state index contributed by atoms with van der Waals surface area (Å²) in [5.74, 6) is -0.152. The molecule has 0 saturated carbocycles. The van der Waals surface area contributed by atoms with E-state index in [0.717, 1.165) is 6.42 Å². The number of nitrogens with one attached hydrogen (secondary N) is 1. The Hall–Kier alpha value is -0.910. The average molecular weight is 243 g/mol. The van der Waals surface area contributed by atoms with Gasteiger partial charge in [-0.05, 0) is 18.6 Å². The Bertz CT molecular complexity index is 338. The number of aliphatic hydroxyl groups excluding tert-OH is 1. The van der Waals surface area contributed by atoms with Crippen LogP contribution in [0.3, 0.4) is 0 Å². The molecule has 0 fully saturated rings. The molecular formula is C11H17NO3S. The van der Waals surface area contributed by atoms with E-state index < -0.39 is 0 Å². The third kappa shape index (κ3) is 3.59. The van der Waals surface area contributed by atoms with Crippen LogP contribution in [0.2, 0.25) is 0 Å². The molecule has 0 aliphatic carbocycles. The molecule has 16 heavy (non-hydrogen) atoms. The highest BCUT2D eigenvalue weighted by atomic mass is 32.1. The fourth-order valence-corrected chi connectivity index (χ4v) is 2.14. The van der Waals surface area contributed by atoms with Crippen molar-refractivity contribution in [3.63, 3.8) is 0 Å². The number of ether oxygens (including phenoxy) is 1. The average Bonchev–Trinajstić information content (AvgIpc) is 2.76. The summed E-state index contributed by atoms with van der Waals surface area (Å²) in [4.78, 5) is 13.6. The molecule has 90 valence electrons. The summed E-state index contributed by atoms with van der Waals surface area (Å²) in [6.07, 6.45) is 0.930. The van der Waals surface area contributed by atoms with Gasteiger partial charge in [-0.25, -0.2) is 0 Å². The van der Waals surface area contributed by atoms with E-state index in [-0.39, 0.29) is 18.6 Å². The number of hydrogen-bond donors (Lipinski definition) is 2. The summed E-state index contributed by atoms with van der Waals surface area (Å²) in [6, 6.07) is 3.41. The summed E-state index contributed by atoms with van der Waals surface area (Å²) >= 11 is 1.48. The van der Waals surface area contributed by atoms with Gasteiger partial charge < -0.3 is 15.2 Å². The molecule has 5 heteroatoms. The maximum Gasteiger partial charge on any atom is 0.261 e. The van der Waals surface area contributed by atoms with Gasteiger partial charge in [0.1, 0.15) is 0 Å². The zero-order chi connectivity index (χ0) is 12.0. The molecule has 0 aliphatic heterocycles. The molecule has 1 amide bonds. The van der Waals surface area contributed by atoms with Crippen molar-refractivity contribution < 1.29 is 14.6 Å². The Morgan fingerprint density at radius 1 is 1.62 bits per heavy atom. The molecule has 2 N–H and O–H groups in total. The van der Waals surface area contributed by atoms with E-state index in [0.29, 0.717) is 11.5 Å². The highest BCUT2D eigenvalue weighted by Crippen LogP contribution is 2.16. The molecule has 0 spiro atoms. The van der Waals surface area contributed by atoms with Crippen molar-refractivity contribution in [3.8, 4) is 0 Å². The zero-order valence-corrected chi connectivity index (χ0v) is 10.3. The molecular weight excluding hydrogens is 226 g/mol. The van der Waals surface area contributed by atoms with Crippen LogP contribution in [0, 0.1) is 0 Å². The smallest absolute Gasteiger partial charge is 0.261 e. The molecule has 0 aliphatic rings. The van der Waals surface area contributed by atoms with Gasteiger partial charge >= 0.3 is 0 Å². The van der Waals surface area contributed by atoms with Crippen LogP contribution in [-0.2, 0) is 11.2 Å². The molecule has 0 aromatic carbocycles. The van der Waals surface area contributed by atoms with Crippen LogP contribution in [0.1, 0.15) is 21.5 Å². The summed E-state index contributed by atoms with van der Waals surface area (Å²) in [6.45, 7) is 2.24. The van der Waals surface area contributed by atoms with E-state index in [1.54, 1.807) is 6.07 Å². The molecule has 1 rings (SSSR count). The highest BCUT2D eigenvalue weighted by molar-refractivity contribution is 7.14. The van der Waals surface area contributed by atoms with Crippen molar-refractivity contribution in [1.82, 2.24) is 5.32 Å². The minimum absolute atomic E-state index is 0.119. The minimum Gasteiger partial charge on any atom is -0.394 e. The molecule has 0 radical (unpaired) electrons. The molecule has 1 aromatic heterocycles. The number of amides is 1. The lowest BCUT2D eigenvalue weighted by Crippen LogP contribution is -2.40. The lowest BCUT2D eigenvalue weighted by molar-refractivity contribution is 0.0843. The van der Waals surface area contributed by atoms with E-state index in [1.165, 1.54) is 23.3 Å². The molecule has 1 atom stereocenters. The monoisotopic (exact) mass is 243 g/mol. The number of hydrogen-bond acceptors (Lipinski definition) is 4. The van der Waals surface area contributed by atoms with Crippen molar-refractivity contribution in [2.75, 3.05) is 20.3 Å². The lowest BCUT2D eigenvalue weighted by Gasteiger charge is -2.14. The highest BCUT2D eigenvalue weighted by Gasteiger charge is 2.14. The molecule has 1 unspecified atom stereocenters.